The molecule has 13 nitrogen and oxygen atoms in total. The summed E-state index contributed by atoms with van der Waals surface area (Å²) in [6.45, 7) is 0.367. The van der Waals surface area contributed by atoms with Gasteiger partial charge in [0.2, 0.25) is 5.28 Å². The highest BCUT2D eigenvalue weighted by atomic mass is 35.5. The third-order valence-corrected chi connectivity index (χ3v) is 9.34. The molecule has 0 unspecified atom stereocenters. The molecule has 0 aliphatic carbocycles. The van der Waals surface area contributed by atoms with E-state index in [9.17, 15) is 23.2 Å². The highest BCUT2D eigenvalue weighted by molar-refractivity contribution is 7.97. The first kappa shape index (κ1) is 26.2. The zero-order valence-electron chi connectivity index (χ0n) is 17.6. The summed E-state index contributed by atoms with van der Waals surface area (Å²) in [5, 5.41) is 29.0. The number of sulfone groups is 1. The predicted octanol–water partition coefficient (Wildman–Crippen LogP) is 0.914. The van der Waals surface area contributed by atoms with Gasteiger partial charge in [-0.05, 0) is 29.3 Å². The smallest absolute Gasteiger partial charge is 0.340 e. The lowest BCUT2D eigenvalue weighted by Crippen LogP contribution is -2.36. The van der Waals surface area contributed by atoms with Crippen LogP contribution >= 0.6 is 30.8 Å². The van der Waals surface area contributed by atoms with Crippen LogP contribution < -0.4 is 5.32 Å². The normalized spacial score (nSPS) is 23.1. The Labute approximate surface area is 208 Å². The molecule has 1 saturated heterocycles. The molecule has 2 aromatic heterocycles. The summed E-state index contributed by atoms with van der Waals surface area (Å²) < 4.78 is 42.0. The number of aliphatic hydroxyl groups is 2. The van der Waals surface area contributed by atoms with Crippen molar-refractivity contribution in [2.75, 3.05) is 16.6 Å². The van der Waals surface area contributed by atoms with Crippen LogP contribution in [0.4, 0.5) is 5.82 Å². The summed E-state index contributed by atoms with van der Waals surface area (Å²) in [6.07, 6.45) is -4.73. The van der Waals surface area contributed by atoms with E-state index in [1.54, 1.807) is 12.1 Å². The number of hydrogen-bond acceptors (Lipinski definition) is 10. The quantitative estimate of drug-likeness (QED) is 0.191. The third-order valence-electron chi connectivity index (χ3n) is 5.16. The van der Waals surface area contributed by atoms with E-state index in [0.717, 1.165) is 10.2 Å². The summed E-state index contributed by atoms with van der Waals surface area (Å²) in [5.74, 6) is -0.592. The molecule has 5 N–H and O–H groups in total. The lowest BCUT2D eigenvalue weighted by atomic mass is 10.1. The van der Waals surface area contributed by atoms with Gasteiger partial charge < -0.3 is 30.1 Å². The predicted molar refractivity (Wildman–Crippen MR) is 126 cm³/mol. The third kappa shape index (κ3) is 6.10. The molecule has 0 bridgehead atoms. The summed E-state index contributed by atoms with van der Waals surface area (Å²) in [6, 6.07) is 7.12. The SMILES string of the molecule is O=P(O)(O)CS(=O)(=O)C[C@H]1O[C@@H](n2ncc3c(NCc4ccc(Cl)cc4)nc(Cl)nc32)[C@H](O)[C@@H]1O. The van der Waals surface area contributed by atoms with E-state index < -0.39 is 53.2 Å². The van der Waals surface area contributed by atoms with E-state index in [0.29, 0.717) is 22.8 Å². The number of nitrogens with one attached hydrogen (secondary N) is 1. The van der Waals surface area contributed by atoms with Crippen molar-refractivity contribution < 1.29 is 37.7 Å². The Morgan fingerprint density at radius 3 is 2.46 bits per heavy atom. The second-order valence-corrected chi connectivity index (χ2v) is 12.9. The maximum Gasteiger partial charge on any atom is 0.340 e. The van der Waals surface area contributed by atoms with Crippen LogP contribution in [0.25, 0.3) is 11.0 Å². The standard InChI is InChI=1S/C18H20Cl2N5O8PS/c19-10-3-1-9(2-4-10)5-21-15-11-6-22-25(16(11)24-18(20)23-15)17-14(27)13(26)12(33-17)7-35(31,32)8-34(28,29)30/h1-4,6,12-14,17,26-27H,5,7-8H2,(H,21,23,24)(H2,28,29,30)/t12-,13-,14-,17-/m1/s1. The zero-order chi connectivity index (χ0) is 25.5. The zero-order valence-corrected chi connectivity index (χ0v) is 20.9. The van der Waals surface area contributed by atoms with Crippen LogP contribution in [-0.2, 0) is 25.7 Å². The maximum absolute atomic E-state index is 12.1. The average molecular weight is 568 g/mol. The van der Waals surface area contributed by atoms with Gasteiger partial charge in [0.05, 0.1) is 17.3 Å². The number of fused-ring (bicyclic) bond motifs is 1. The molecule has 190 valence electrons. The first-order valence-electron chi connectivity index (χ1n) is 9.99. The molecule has 4 rings (SSSR count). The van der Waals surface area contributed by atoms with Crippen molar-refractivity contribution >= 4 is 57.5 Å². The van der Waals surface area contributed by atoms with E-state index in [1.165, 1.54) is 6.20 Å². The first-order valence-corrected chi connectivity index (χ1v) is 14.4. The summed E-state index contributed by atoms with van der Waals surface area (Å²) in [5.41, 5.74) is -0.371. The van der Waals surface area contributed by atoms with Crippen molar-refractivity contribution in [1.82, 2.24) is 19.7 Å². The highest BCUT2D eigenvalue weighted by Crippen LogP contribution is 2.38. The van der Waals surface area contributed by atoms with Crippen molar-refractivity contribution in [2.24, 2.45) is 0 Å². The second-order valence-electron chi connectivity index (χ2n) is 7.90. The summed E-state index contributed by atoms with van der Waals surface area (Å²) in [7, 11) is -9.19. The van der Waals surface area contributed by atoms with Gasteiger partial charge in [-0.3, -0.25) is 4.57 Å². The van der Waals surface area contributed by atoms with E-state index >= 15 is 0 Å². The van der Waals surface area contributed by atoms with Gasteiger partial charge in [-0.2, -0.15) is 15.1 Å². The highest BCUT2D eigenvalue weighted by Gasteiger charge is 2.47. The summed E-state index contributed by atoms with van der Waals surface area (Å²) in [4.78, 5) is 26.2. The number of anilines is 1. The molecule has 0 saturated carbocycles. The Morgan fingerprint density at radius 1 is 1.11 bits per heavy atom. The second kappa shape index (κ2) is 9.88. The number of hydrogen-bond donors (Lipinski definition) is 5. The van der Waals surface area contributed by atoms with E-state index in [-0.39, 0.29) is 10.9 Å². The Morgan fingerprint density at radius 2 is 1.80 bits per heavy atom. The van der Waals surface area contributed by atoms with Crippen molar-refractivity contribution in [1.29, 1.82) is 0 Å². The van der Waals surface area contributed by atoms with Crippen molar-refractivity contribution in [3.05, 3.63) is 46.3 Å². The van der Waals surface area contributed by atoms with Crippen LogP contribution in [0.2, 0.25) is 10.3 Å². The number of rotatable bonds is 8. The first-order chi connectivity index (χ1) is 16.3. The molecule has 35 heavy (non-hydrogen) atoms. The number of halogens is 2. The Bertz CT molecular complexity index is 1380. The van der Waals surface area contributed by atoms with Gasteiger partial charge in [0.25, 0.3) is 0 Å². The minimum Gasteiger partial charge on any atom is -0.387 e. The molecule has 1 aromatic carbocycles. The van der Waals surface area contributed by atoms with Crippen LogP contribution in [0.1, 0.15) is 11.8 Å². The van der Waals surface area contributed by atoms with Crippen molar-refractivity contribution in [3.8, 4) is 0 Å². The number of nitrogens with zero attached hydrogens (tertiary/aromatic N) is 4. The van der Waals surface area contributed by atoms with Gasteiger partial charge in [-0.1, -0.05) is 23.7 Å². The number of aliphatic hydroxyl groups excluding tert-OH is 2. The molecule has 3 heterocycles. The van der Waals surface area contributed by atoms with E-state index in [4.69, 9.17) is 37.7 Å². The molecule has 3 aromatic rings. The molecular formula is C18H20Cl2N5O8PS. The maximum atomic E-state index is 12.1. The summed E-state index contributed by atoms with van der Waals surface area (Å²) >= 11 is 12.0. The largest absolute Gasteiger partial charge is 0.387 e. The van der Waals surface area contributed by atoms with Gasteiger partial charge in [-0.25, -0.2) is 13.1 Å². The molecule has 0 spiro atoms. The Hall–Kier alpha value is -1.87. The number of ether oxygens (including phenoxy) is 1. The fourth-order valence-corrected chi connectivity index (χ4v) is 7.17. The number of benzene rings is 1. The van der Waals surface area contributed by atoms with E-state index in [2.05, 4.69) is 20.4 Å². The Balaban J connectivity index is 1.58. The van der Waals surface area contributed by atoms with Gasteiger partial charge in [0.1, 0.15) is 24.1 Å². The molecule has 1 aliphatic rings. The number of aromatic nitrogens is 4. The molecule has 1 aliphatic heterocycles. The van der Waals surface area contributed by atoms with Crippen molar-refractivity contribution in [2.45, 2.75) is 31.1 Å². The fraction of sp³-hybridized carbons (Fsp3) is 0.389. The molecule has 0 radical (unpaired) electrons. The fourth-order valence-electron chi connectivity index (χ4n) is 3.64. The van der Waals surface area contributed by atoms with Crippen LogP contribution in [0.15, 0.2) is 30.5 Å². The van der Waals surface area contributed by atoms with Gasteiger partial charge in [-0.15, -0.1) is 0 Å². The molecule has 0 amide bonds. The molecule has 1 fully saturated rings. The lowest BCUT2D eigenvalue weighted by Gasteiger charge is -2.16. The average Bonchev–Trinajstić information content (AvgIpc) is 3.27. The lowest BCUT2D eigenvalue weighted by molar-refractivity contribution is -0.0364. The van der Waals surface area contributed by atoms with Gasteiger partial charge >= 0.3 is 7.60 Å². The van der Waals surface area contributed by atoms with Crippen LogP contribution in [0.5, 0.6) is 0 Å². The van der Waals surface area contributed by atoms with Crippen LogP contribution in [-0.4, -0.2) is 77.7 Å². The minimum atomic E-state index is -4.87. The van der Waals surface area contributed by atoms with E-state index in [1.807, 2.05) is 12.1 Å². The van der Waals surface area contributed by atoms with Gasteiger partial charge in [0, 0.05) is 11.6 Å². The molecule has 17 heteroatoms. The van der Waals surface area contributed by atoms with Crippen LogP contribution in [0, 0.1) is 0 Å². The molecular weight excluding hydrogens is 548 g/mol. The van der Waals surface area contributed by atoms with Crippen molar-refractivity contribution in [3.63, 3.8) is 0 Å². The van der Waals surface area contributed by atoms with Gasteiger partial charge in [0.15, 0.2) is 27.2 Å². The molecule has 4 atom stereocenters. The monoisotopic (exact) mass is 567 g/mol. The topological polar surface area (TPSA) is 197 Å². The van der Waals surface area contributed by atoms with Crippen LogP contribution in [0.3, 0.4) is 0 Å². The Kier molecular flexibility index (Phi) is 7.40. The minimum absolute atomic E-state index is 0.138.